The van der Waals surface area contributed by atoms with Gasteiger partial charge in [-0.1, -0.05) is 52.1 Å². The van der Waals surface area contributed by atoms with Crippen molar-refractivity contribution in [3.05, 3.63) is 94.8 Å². The molecular formula is C26H21Br2Cl2N3O3. The Hall–Kier alpha value is -2.39. The Labute approximate surface area is 235 Å². The normalized spacial score (nSPS) is 11.4. The Morgan fingerprint density at radius 3 is 2.58 bits per heavy atom. The van der Waals surface area contributed by atoms with Crippen molar-refractivity contribution in [3.8, 4) is 11.5 Å². The van der Waals surface area contributed by atoms with Crippen molar-refractivity contribution in [3.63, 3.8) is 0 Å². The topological polar surface area (TPSA) is 65.7 Å². The van der Waals surface area contributed by atoms with Crippen molar-refractivity contribution in [2.75, 3.05) is 6.61 Å². The molecule has 10 heteroatoms. The van der Waals surface area contributed by atoms with Crippen LogP contribution in [0.2, 0.25) is 10.0 Å². The van der Waals surface area contributed by atoms with E-state index < -0.39 is 0 Å². The van der Waals surface area contributed by atoms with Gasteiger partial charge in [0, 0.05) is 26.5 Å². The molecule has 0 saturated carbocycles. The second-order valence-electron chi connectivity index (χ2n) is 7.69. The molecule has 1 aromatic heterocycles. The Bertz CT molecular complexity index is 1520. The molecular weight excluding hydrogens is 633 g/mol. The van der Waals surface area contributed by atoms with Crippen molar-refractivity contribution < 1.29 is 9.47 Å². The SMILES string of the molecule is CCOc1cc(C=Nn2c(CC)nc3ccc(Br)cc3c2=O)cc(Br)c1OCc1ccc(Cl)cc1Cl. The summed E-state index contributed by atoms with van der Waals surface area (Å²) in [6.07, 6.45) is 2.14. The van der Waals surface area contributed by atoms with E-state index in [4.69, 9.17) is 32.7 Å². The number of hydrogen-bond acceptors (Lipinski definition) is 5. The van der Waals surface area contributed by atoms with Gasteiger partial charge >= 0.3 is 0 Å². The minimum absolute atomic E-state index is 0.232. The van der Waals surface area contributed by atoms with E-state index in [1.807, 2.05) is 38.1 Å². The number of fused-ring (bicyclic) bond motifs is 1. The van der Waals surface area contributed by atoms with E-state index >= 15 is 0 Å². The lowest BCUT2D eigenvalue weighted by Crippen LogP contribution is -2.22. The molecule has 0 amide bonds. The van der Waals surface area contributed by atoms with Crippen LogP contribution in [0.25, 0.3) is 10.9 Å². The van der Waals surface area contributed by atoms with Crippen molar-refractivity contribution >= 4 is 72.2 Å². The first-order valence-electron chi connectivity index (χ1n) is 11.1. The van der Waals surface area contributed by atoms with Crippen LogP contribution in [0.1, 0.15) is 30.8 Å². The lowest BCUT2D eigenvalue weighted by atomic mass is 10.2. The van der Waals surface area contributed by atoms with Gasteiger partial charge in [0.2, 0.25) is 0 Å². The van der Waals surface area contributed by atoms with E-state index in [1.54, 1.807) is 30.5 Å². The van der Waals surface area contributed by atoms with E-state index in [1.165, 1.54) is 4.68 Å². The highest BCUT2D eigenvalue weighted by Gasteiger charge is 2.14. The first-order valence-corrected chi connectivity index (χ1v) is 13.4. The summed E-state index contributed by atoms with van der Waals surface area (Å²) < 4.78 is 14.7. The third-order valence-electron chi connectivity index (χ3n) is 5.23. The van der Waals surface area contributed by atoms with E-state index in [0.717, 1.165) is 10.0 Å². The number of ether oxygens (including phenoxy) is 2. The second-order valence-corrected chi connectivity index (χ2v) is 10.3. The molecule has 3 aromatic carbocycles. The standard InChI is InChI=1S/C26H21Br2Cl2N3O3/c1-3-24-32-22-8-6-17(27)11-19(22)26(34)33(24)31-13-15-9-20(28)25(23(10-15)35-4-2)36-14-16-5-7-18(29)12-21(16)30/h5-13H,3-4,14H2,1-2H3. The van der Waals surface area contributed by atoms with E-state index in [2.05, 4.69) is 41.9 Å². The molecule has 36 heavy (non-hydrogen) atoms. The largest absolute Gasteiger partial charge is 0.490 e. The van der Waals surface area contributed by atoms with Crippen LogP contribution in [0.4, 0.5) is 0 Å². The summed E-state index contributed by atoms with van der Waals surface area (Å²) in [4.78, 5) is 17.8. The molecule has 0 bridgehead atoms. The van der Waals surface area contributed by atoms with E-state index in [9.17, 15) is 4.79 Å². The van der Waals surface area contributed by atoms with Gasteiger partial charge in [0.25, 0.3) is 5.56 Å². The zero-order valence-electron chi connectivity index (χ0n) is 19.4. The van der Waals surface area contributed by atoms with Crippen LogP contribution in [0.3, 0.4) is 0 Å². The van der Waals surface area contributed by atoms with Crippen LogP contribution in [0.5, 0.6) is 11.5 Å². The Balaban J connectivity index is 1.67. The molecule has 4 rings (SSSR count). The van der Waals surface area contributed by atoms with Crippen LogP contribution in [-0.2, 0) is 13.0 Å². The summed E-state index contributed by atoms with van der Waals surface area (Å²) >= 11 is 19.3. The molecule has 0 aliphatic heterocycles. The van der Waals surface area contributed by atoms with Gasteiger partial charge in [0.1, 0.15) is 12.4 Å². The molecule has 0 radical (unpaired) electrons. The van der Waals surface area contributed by atoms with Gasteiger partial charge in [-0.15, -0.1) is 0 Å². The second kappa shape index (κ2) is 11.8. The average Bonchev–Trinajstić information content (AvgIpc) is 2.84. The number of aryl methyl sites for hydroxylation is 1. The first kappa shape index (κ1) is 26.7. The maximum Gasteiger partial charge on any atom is 0.282 e. The van der Waals surface area contributed by atoms with Gasteiger partial charge in [0.05, 0.1) is 28.2 Å². The lowest BCUT2D eigenvalue weighted by molar-refractivity contribution is 0.267. The predicted octanol–water partition coefficient (Wildman–Crippen LogP) is 7.65. The molecule has 0 saturated heterocycles. The zero-order chi connectivity index (χ0) is 25.8. The maximum absolute atomic E-state index is 13.2. The number of nitrogens with zero attached hydrogens (tertiary/aromatic N) is 3. The Morgan fingerprint density at radius 2 is 1.86 bits per heavy atom. The zero-order valence-corrected chi connectivity index (χ0v) is 24.1. The number of halogens is 4. The summed E-state index contributed by atoms with van der Waals surface area (Å²) in [7, 11) is 0. The summed E-state index contributed by atoms with van der Waals surface area (Å²) in [5.41, 5.74) is 1.90. The molecule has 6 nitrogen and oxygen atoms in total. The molecule has 0 atom stereocenters. The maximum atomic E-state index is 13.2. The number of hydrogen-bond donors (Lipinski definition) is 0. The fraction of sp³-hybridized carbons (Fsp3) is 0.192. The highest BCUT2D eigenvalue weighted by atomic mass is 79.9. The van der Waals surface area contributed by atoms with Crippen LogP contribution in [-0.4, -0.2) is 22.5 Å². The third kappa shape index (κ3) is 5.94. The molecule has 0 aliphatic rings. The molecule has 0 fully saturated rings. The van der Waals surface area contributed by atoms with E-state index in [-0.39, 0.29) is 12.2 Å². The molecule has 186 valence electrons. The first-order chi connectivity index (χ1) is 17.3. The molecule has 0 spiro atoms. The lowest BCUT2D eigenvalue weighted by Gasteiger charge is -2.15. The quantitative estimate of drug-likeness (QED) is 0.183. The molecule has 1 heterocycles. The number of benzene rings is 3. The van der Waals surface area contributed by atoms with Gasteiger partial charge < -0.3 is 9.47 Å². The minimum atomic E-state index is -0.238. The molecule has 0 unspecified atom stereocenters. The van der Waals surface area contributed by atoms with Crippen LogP contribution in [0, 0.1) is 0 Å². The Kier molecular flexibility index (Phi) is 8.72. The average molecular weight is 654 g/mol. The van der Waals surface area contributed by atoms with Gasteiger partial charge in [-0.3, -0.25) is 4.79 Å². The third-order valence-corrected chi connectivity index (χ3v) is 6.90. The summed E-state index contributed by atoms with van der Waals surface area (Å²) in [6.45, 7) is 4.49. The van der Waals surface area contributed by atoms with Crippen molar-refractivity contribution in [2.45, 2.75) is 26.9 Å². The molecule has 4 aromatic rings. The van der Waals surface area contributed by atoms with Crippen molar-refractivity contribution in [1.29, 1.82) is 0 Å². The summed E-state index contributed by atoms with van der Waals surface area (Å²) in [5, 5.41) is 6.03. The highest BCUT2D eigenvalue weighted by molar-refractivity contribution is 9.10. The van der Waals surface area contributed by atoms with Crippen LogP contribution >= 0.6 is 55.1 Å². The smallest absolute Gasteiger partial charge is 0.282 e. The summed E-state index contributed by atoms with van der Waals surface area (Å²) in [5.74, 6) is 1.63. The predicted molar refractivity (Wildman–Crippen MR) is 152 cm³/mol. The van der Waals surface area contributed by atoms with Crippen molar-refractivity contribution in [1.82, 2.24) is 9.66 Å². The van der Waals surface area contributed by atoms with Crippen LogP contribution < -0.4 is 15.0 Å². The van der Waals surface area contributed by atoms with E-state index in [0.29, 0.717) is 61.3 Å². The van der Waals surface area contributed by atoms with Gasteiger partial charge in [-0.05, 0) is 70.9 Å². The number of aromatic nitrogens is 2. The molecule has 0 aliphatic carbocycles. The van der Waals surface area contributed by atoms with Gasteiger partial charge in [-0.2, -0.15) is 9.78 Å². The fourth-order valence-corrected chi connectivity index (χ4v) is 4.92. The monoisotopic (exact) mass is 651 g/mol. The molecule has 0 N–H and O–H groups in total. The van der Waals surface area contributed by atoms with Gasteiger partial charge in [-0.25, -0.2) is 4.98 Å². The minimum Gasteiger partial charge on any atom is -0.490 e. The van der Waals surface area contributed by atoms with Gasteiger partial charge in [0.15, 0.2) is 11.5 Å². The highest BCUT2D eigenvalue weighted by Crippen LogP contribution is 2.37. The van der Waals surface area contributed by atoms with Crippen molar-refractivity contribution in [2.24, 2.45) is 5.10 Å². The Morgan fingerprint density at radius 1 is 1.06 bits per heavy atom. The van der Waals surface area contributed by atoms with Crippen LogP contribution in [0.15, 0.2) is 67.4 Å². The number of rotatable bonds is 8. The fourth-order valence-electron chi connectivity index (χ4n) is 3.52. The summed E-state index contributed by atoms with van der Waals surface area (Å²) in [6, 6.07) is 14.3.